The van der Waals surface area contributed by atoms with Gasteiger partial charge in [-0.05, 0) is 126 Å². The lowest BCUT2D eigenvalue weighted by Gasteiger charge is -2.09. The first-order chi connectivity index (χ1) is 71.7. The number of H-pyrrole nitrogens is 8. The highest BCUT2D eigenvalue weighted by Gasteiger charge is 2.25. The van der Waals surface area contributed by atoms with Crippen molar-refractivity contribution >= 4 is 169 Å². The number of halogens is 3. The number of pyridine rings is 13. The van der Waals surface area contributed by atoms with Gasteiger partial charge in [-0.25, -0.2) is 39.9 Å². The Balaban J connectivity index is 0.000000115. The lowest BCUT2D eigenvalue weighted by molar-refractivity contribution is -0.119. The zero-order valence-electron chi connectivity index (χ0n) is 79.0. The minimum Gasteiger partial charge on any atom is -0.335 e. The Kier molecular flexibility index (Phi) is 26.5. The van der Waals surface area contributed by atoms with E-state index >= 15 is 0 Å². The second kappa shape index (κ2) is 41.4. The molecule has 0 atom stereocenters. The van der Waals surface area contributed by atoms with Crippen LogP contribution in [0.2, 0.25) is 15.1 Å². The van der Waals surface area contributed by atoms with Gasteiger partial charge in [0.05, 0.1) is 138 Å². The highest BCUT2D eigenvalue weighted by molar-refractivity contribution is 6.31. The van der Waals surface area contributed by atoms with Gasteiger partial charge in [-0.2, -0.15) is 20.4 Å². The normalized spacial score (nSPS) is 11.4. The maximum Gasteiger partial charge on any atom is 0.226 e. The van der Waals surface area contributed by atoms with Crippen molar-refractivity contribution in [1.82, 2.24) is 145 Å². The van der Waals surface area contributed by atoms with Crippen molar-refractivity contribution in [1.29, 1.82) is 0 Å². The molecule has 0 spiro atoms. The summed E-state index contributed by atoms with van der Waals surface area (Å²) in [6.07, 6.45) is 38.3. The SMILES string of the molecule is CC(C)C(=O)Nc1cncc(-c2cnc3n[nH]c(-c4nc5c(-c6cccc(Cl)c6)cncc5[nH]4)c3c2)c1.CC(C)CC(=O)Nc1cncc(-c2cnc3n[nH]c(-c4nc5c(-c6cccc(Cl)c6)cncc5[nH]4)c3c2)c1.CCC(=O)Nc1cncc(-c2cnc3n[nH]c(-c4nc5c(-c6ccccn6)cncc5[nH]4)c3c2)c1.CCCC(=O)Nc1cncc(-c2cnc3n[nH]c(-c4nc5c(-c6cccc(Cl)c6)cncc5[nH]4)c3c2)c1. The van der Waals surface area contributed by atoms with Crippen molar-refractivity contribution in [2.75, 3.05) is 21.3 Å². The Morgan fingerprint density at radius 1 is 0.313 bits per heavy atom. The minimum absolute atomic E-state index is 0.0383. The monoisotopic (exact) mass is 2000 g/mol. The van der Waals surface area contributed by atoms with Crippen molar-refractivity contribution in [3.05, 3.63) is 285 Å². The first-order valence-electron chi connectivity index (χ1n) is 46.6. The van der Waals surface area contributed by atoms with Gasteiger partial charge in [-0.15, -0.1) is 0 Å². The number of nitrogens with one attached hydrogen (secondary N) is 12. The highest BCUT2D eigenvalue weighted by atomic mass is 35.5. The van der Waals surface area contributed by atoms with Gasteiger partial charge < -0.3 is 41.2 Å². The molecule has 0 saturated heterocycles. The summed E-state index contributed by atoms with van der Waals surface area (Å²) >= 11 is 18.7. The molecule has 21 aromatic heterocycles. The number of hydrogen-bond acceptors (Lipinski definition) is 25. The van der Waals surface area contributed by atoms with Gasteiger partial charge in [0.1, 0.15) is 28.3 Å². The van der Waals surface area contributed by atoms with E-state index in [1.165, 1.54) is 0 Å². The summed E-state index contributed by atoms with van der Waals surface area (Å²) in [7, 11) is 0. The van der Waals surface area contributed by atoms with Crippen LogP contribution in [0, 0.1) is 11.8 Å². The molecule has 0 bridgehead atoms. The Morgan fingerprint density at radius 2 is 0.633 bits per heavy atom. The zero-order valence-corrected chi connectivity index (χ0v) is 81.3. The standard InChI is InChI=1S/C28H23ClN8O.2C27H21ClN8O.C25H19N9O/c1-15(2)6-24(38)33-20-8-17(10-30-12-20)18-9-21-26(36-37-27(21)32-11-18)28-34-23-14-31-13-22(25(23)35-28)16-4-3-5-19(29)7-16;1-14(2)27(37)32-19-7-16(9-29-11-19)17-8-20-24(35-36-25(20)31-10-17)26-33-22-13-30-12-21(23(22)34-26)15-4-3-5-18(28)6-15;1-2-4-23(37)32-19-8-16(10-29-12-19)17-9-20-25(35-36-26(20)31-11-17)27-33-22-14-30-13-21(24(22)34-27)15-5-3-6-18(28)7-15;1-2-21(35)30-16-7-14(9-26-11-16)15-8-17-23(33-34-24(17)29-10-15)25-31-20-13-27-12-18(22(20)32-25)19-5-3-4-6-28-19/h3-5,7-15H,6H2,1-2H3,(H,33,38)(H,34,35)(H,32,36,37);3-14H,1-2H3,(H,32,37)(H,33,34)(H,31,35,36);3,5-14H,2,4H2,1H3,(H,32,37)(H,33,34)(H,31,35,36);3-13H,2H2,1H3,(H,30,35)(H,31,32)(H,29,33,34). The number of amides is 4. The van der Waals surface area contributed by atoms with E-state index in [1.807, 2.05) is 174 Å². The maximum absolute atomic E-state index is 12.2. The molecule has 12 N–H and O–H groups in total. The van der Waals surface area contributed by atoms with Crippen LogP contribution in [0.3, 0.4) is 0 Å². The number of carbonyl (C=O) groups is 4. The summed E-state index contributed by atoms with van der Waals surface area (Å²) in [6.45, 7) is 11.5. The van der Waals surface area contributed by atoms with Crippen LogP contribution in [0.15, 0.2) is 270 Å². The second-order valence-electron chi connectivity index (χ2n) is 35.0. The molecule has 0 fully saturated rings. The van der Waals surface area contributed by atoms with E-state index in [0.29, 0.717) is 126 Å². The number of benzene rings is 3. The van der Waals surface area contributed by atoms with Crippen LogP contribution in [0.4, 0.5) is 22.7 Å². The Bertz CT molecular complexity index is 9140. The summed E-state index contributed by atoms with van der Waals surface area (Å²) in [5.74, 6) is 2.39. The van der Waals surface area contributed by atoms with E-state index in [0.717, 1.165) is 161 Å². The lowest BCUT2D eigenvalue weighted by atomic mass is 10.1. The predicted octanol–water partition coefficient (Wildman–Crippen LogP) is 22.5. The minimum atomic E-state index is -0.131. The quantitative estimate of drug-likeness (QED) is 0.0300. The Labute approximate surface area is 849 Å². The molecule has 722 valence electrons. The van der Waals surface area contributed by atoms with E-state index in [1.54, 1.807) is 137 Å². The fraction of sp³-hybridized carbons (Fsp3) is 0.112. The summed E-state index contributed by atoms with van der Waals surface area (Å²) in [5.41, 5.74) is 27.6. The molecule has 147 heavy (non-hydrogen) atoms. The number of rotatable bonds is 22. The van der Waals surface area contributed by atoms with Crippen LogP contribution >= 0.6 is 34.8 Å². The zero-order chi connectivity index (χ0) is 101. The number of carbonyl (C=O) groups excluding carboxylic acids is 4. The molecule has 0 aliphatic heterocycles. The largest absolute Gasteiger partial charge is 0.335 e. The number of aromatic nitrogens is 29. The van der Waals surface area contributed by atoms with Gasteiger partial charge in [-0.3, -0.25) is 84.4 Å². The van der Waals surface area contributed by atoms with E-state index in [2.05, 4.69) is 147 Å². The van der Waals surface area contributed by atoms with Crippen molar-refractivity contribution in [3.8, 4) is 135 Å². The third-order valence-electron chi connectivity index (χ3n) is 23.8. The second-order valence-corrected chi connectivity index (χ2v) is 36.3. The molecule has 0 saturated carbocycles. The molecule has 24 aromatic rings. The summed E-state index contributed by atoms with van der Waals surface area (Å²) in [6, 6.07) is 44.0. The van der Waals surface area contributed by atoms with Crippen molar-refractivity contribution in [3.63, 3.8) is 0 Å². The Hall–Kier alpha value is -18.9. The number of hydrogen-bond donors (Lipinski definition) is 12. The number of nitrogens with zero attached hydrogens (tertiary/aromatic N) is 21. The van der Waals surface area contributed by atoms with Crippen LogP contribution in [0.25, 0.3) is 223 Å². The molecule has 0 aliphatic carbocycles. The van der Waals surface area contributed by atoms with Crippen LogP contribution in [0.1, 0.15) is 67.2 Å². The average Bonchev–Trinajstić information content (AvgIpc) is 1.63. The first kappa shape index (κ1) is 94.4. The van der Waals surface area contributed by atoms with E-state index < -0.39 is 0 Å². The molecule has 21 heterocycles. The van der Waals surface area contributed by atoms with E-state index in [-0.39, 0.29) is 35.5 Å². The van der Waals surface area contributed by atoms with Crippen molar-refractivity contribution in [2.24, 2.45) is 11.8 Å². The summed E-state index contributed by atoms with van der Waals surface area (Å²) in [4.78, 5) is 138. The molecule has 3 aromatic carbocycles. The lowest BCUT2D eigenvalue weighted by Crippen LogP contribution is -2.17. The van der Waals surface area contributed by atoms with Crippen LogP contribution < -0.4 is 21.3 Å². The first-order valence-corrected chi connectivity index (χ1v) is 47.8. The fourth-order valence-electron chi connectivity index (χ4n) is 16.7. The Morgan fingerprint density at radius 3 is 0.952 bits per heavy atom. The van der Waals surface area contributed by atoms with Gasteiger partial charge >= 0.3 is 0 Å². The molecule has 24 rings (SSSR count). The smallest absolute Gasteiger partial charge is 0.226 e. The molecule has 37 nitrogen and oxygen atoms in total. The third kappa shape index (κ3) is 20.4. The van der Waals surface area contributed by atoms with Gasteiger partial charge in [0.2, 0.25) is 23.6 Å². The van der Waals surface area contributed by atoms with Gasteiger partial charge in [0.15, 0.2) is 45.9 Å². The van der Waals surface area contributed by atoms with Crippen LogP contribution in [0.5, 0.6) is 0 Å². The molecule has 4 amide bonds. The van der Waals surface area contributed by atoms with Crippen molar-refractivity contribution < 1.29 is 19.2 Å². The van der Waals surface area contributed by atoms with E-state index in [9.17, 15) is 19.2 Å². The molecular weight excluding hydrogens is 1920 g/mol. The number of anilines is 4. The molecule has 40 heteroatoms. The molecular formula is C107H84Cl3N33O4. The summed E-state index contributed by atoms with van der Waals surface area (Å²) in [5, 5.41) is 46.4. The average molecular weight is 2000 g/mol. The molecule has 0 radical (unpaired) electrons. The number of fused-ring (bicyclic) bond motifs is 8. The topological polar surface area (TPSA) is 513 Å². The highest BCUT2D eigenvalue weighted by Crippen LogP contribution is 2.41. The van der Waals surface area contributed by atoms with Crippen LogP contribution in [-0.2, 0) is 19.2 Å². The van der Waals surface area contributed by atoms with E-state index in [4.69, 9.17) is 54.7 Å². The van der Waals surface area contributed by atoms with Gasteiger partial charge in [0, 0.05) is 188 Å². The van der Waals surface area contributed by atoms with Crippen molar-refractivity contribution in [2.45, 2.75) is 67.2 Å². The predicted molar refractivity (Wildman–Crippen MR) is 569 cm³/mol. The fourth-order valence-corrected chi connectivity index (χ4v) is 17.3. The number of imidazole rings is 4. The summed E-state index contributed by atoms with van der Waals surface area (Å²) < 4.78 is 0. The van der Waals surface area contributed by atoms with Gasteiger partial charge in [-0.1, -0.05) is 119 Å². The maximum atomic E-state index is 12.2. The van der Waals surface area contributed by atoms with Gasteiger partial charge in [0.25, 0.3) is 0 Å². The number of aromatic amines is 8. The molecule has 0 aliphatic rings. The van der Waals surface area contributed by atoms with Crippen LogP contribution in [-0.4, -0.2) is 169 Å². The third-order valence-corrected chi connectivity index (χ3v) is 24.5. The molecule has 0 unspecified atom stereocenters.